The first-order chi connectivity index (χ1) is 16.2. The van der Waals surface area contributed by atoms with Crippen molar-refractivity contribution in [1.82, 2.24) is 14.4 Å². The predicted molar refractivity (Wildman–Crippen MR) is 130 cm³/mol. The fraction of sp³-hybridized carbons (Fsp3) is 0.536. The third-order valence-corrected chi connectivity index (χ3v) is 8.59. The molecule has 6 rings (SSSR count). The Morgan fingerprint density at radius 1 is 1.09 bits per heavy atom. The Morgan fingerprint density at radius 2 is 1.97 bits per heavy atom. The normalized spacial score (nSPS) is 30.8. The van der Waals surface area contributed by atoms with Gasteiger partial charge in [-0.1, -0.05) is 12.1 Å². The average Bonchev–Trinajstić information content (AvgIpc) is 3.28. The van der Waals surface area contributed by atoms with Gasteiger partial charge >= 0.3 is 0 Å². The quantitative estimate of drug-likeness (QED) is 0.654. The zero-order valence-corrected chi connectivity index (χ0v) is 19.7. The molecule has 5 heterocycles. The molecule has 0 radical (unpaired) electrons. The monoisotopic (exact) mass is 445 g/mol. The lowest BCUT2D eigenvalue weighted by Gasteiger charge is -2.58. The van der Waals surface area contributed by atoms with E-state index in [0.717, 1.165) is 49.0 Å². The van der Waals surface area contributed by atoms with Crippen molar-refractivity contribution >= 4 is 12.0 Å². The third kappa shape index (κ3) is 3.80. The number of benzene rings is 1. The van der Waals surface area contributed by atoms with E-state index >= 15 is 0 Å². The summed E-state index contributed by atoms with van der Waals surface area (Å²) in [6, 6.07) is 13.6. The molecule has 1 aromatic carbocycles. The minimum Gasteiger partial charge on any atom is -0.497 e. The van der Waals surface area contributed by atoms with Crippen molar-refractivity contribution in [3.63, 3.8) is 0 Å². The van der Waals surface area contributed by atoms with Crippen LogP contribution >= 0.6 is 0 Å². The Hall–Kier alpha value is -2.53. The van der Waals surface area contributed by atoms with Gasteiger partial charge in [0.15, 0.2) is 0 Å². The molecule has 0 saturated carbocycles. The van der Waals surface area contributed by atoms with Crippen molar-refractivity contribution in [1.29, 1.82) is 0 Å². The highest BCUT2D eigenvalue weighted by Gasteiger charge is 2.51. The SMILES string of the molecule is COc1cccc(Cn2cccc2/C=C2\CC[C@@H]3[C@H]4CCCN5CCC[C@H](CN3C2=O)[C@@H]45)c1. The van der Waals surface area contributed by atoms with E-state index in [9.17, 15) is 4.79 Å². The molecule has 5 nitrogen and oxygen atoms in total. The highest BCUT2D eigenvalue weighted by Crippen LogP contribution is 2.45. The molecule has 4 atom stereocenters. The molecule has 0 aliphatic carbocycles. The Morgan fingerprint density at radius 3 is 2.85 bits per heavy atom. The van der Waals surface area contributed by atoms with Crippen molar-refractivity contribution in [3.8, 4) is 5.75 Å². The largest absolute Gasteiger partial charge is 0.497 e. The Balaban J connectivity index is 1.23. The first-order valence-electron chi connectivity index (χ1n) is 12.7. The zero-order chi connectivity index (χ0) is 22.4. The fourth-order valence-electron chi connectivity index (χ4n) is 7.18. The van der Waals surface area contributed by atoms with Crippen LogP contribution in [0, 0.1) is 11.8 Å². The van der Waals surface area contributed by atoms with E-state index < -0.39 is 0 Å². The number of aromatic nitrogens is 1. The molecule has 33 heavy (non-hydrogen) atoms. The van der Waals surface area contributed by atoms with Gasteiger partial charge < -0.3 is 14.2 Å². The number of methoxy groups -OCH3 is 1. The number of hydrogen-bond donors (Lipinski definition) is 0. The number of hydrogen-bond acceptors (Lipinski definition) is 3. The lowest BCUT2D eigenvalue weighted by atomic mass is 9.67. The first kappa shape index (κ1) is 21.0. The summed E-state index contributed by atoms with van der Waals surface area (Å²) in [6.07, 6.45) is 11.5. The molecule has 0 bridgehead atoms. The van der Waals surface area contributed by atoms with Gasteiger partial charge in [0.05, 0.1) is 7.11 Å². The number of fused-ring (bicyclic) bond motifs is 2. The molecular formula is C28H35N3O2. The number of amides is 1. The lowest BCUT2D eigenvalue weighted by Crippen LogP contribution is -2.66. The van der Waals surface area contributed by atoms with Crippen LogP contribution in [0.1, 0.15) is 49.8 Å². The van der Waals surface area contributed by atoms with Crippen LogP contribution in [0.3, 0.4) is 0 Å². The van der Waals surface area contributed by atoms with E-state index in [-0.39, 0.29) is 0 Å². The van der Waals surface area contributed by atoms with Crippen molar-refractivity contribution in [2.75, 3.05) is 26.7 Å². The summed E-state index contributed by atoms with van der Waals surface area (Å²) in [7, 11) is 1.70. The molecule has 2 aromatic rings. The Labute approximate surface area is 197 Å². The van der Waals surface area contributed by atoms with Crippen molar-refractivity contribution in [2.45, 2.75) is 57.2 Å². The van der Waals surface area contributed by atoms with Gasteiger partial charge in [0.1, 0.15) is 5.75 Å². The fourth-order valence-corrected chi connectivity index (χ4v) is 7.18. The molecule has 1 amide bonds. The van der Waals surface area contributed by atoms with Gasteiger partial charge in [-0.15, -0.1) is 0 Å². The second-order valence-corrected chi connectivity index (χ2v) is 10.4. The van der Waals surface area contributed by atoms with Crippen LogP contribution in [0.4, 0.5) is 0 Å². The van der Waals surface area contributed by atoms with Crippen LogP contribution in [0.25, 0.3) is 6.08 Å². The third-order valence-electron chi connectivity index (χ3n) is 8.59. The van der Waals surface area contributed by atoms with Crippen molar-refractivity contribution in [2.24, 2.45) is 11.8 Å². The van der Waals surface area contributed by atoms with E-state index in [1.165, 1.54) is 44.3 Å². The summed E-state index contributed by atoms with van der Waals surface area (Å²) in [5, 5.41) is 0. The molecule has 174 valence electrons. The van der Waals surface area contributed by atoms with Crippen LogP contribution in [0.5, 0.6) is 5.75 Å². The van der Waals surface area contributed by atoms with Gasteiger partial charge in [0, 0.05) is 42.6 Å². The van der Waals surface area contributed by atoms with E-state index in [4.69, 9.17) is 4.74 Å². The van der Waals surface area contributed by atoms with E-state index in [1.54, 1.807) is 7.11 Å². The molecule has 1 aromatic heterocycles. The maximum Gasteiger partial charge on any atom is 0.250 e. The van der Waals surface area contributed by atoms with Gasteiger partial charge in [-0.05, 0) is 99.4 Å². The summed E-state index contributed by atoms with van der Waals surface area (Å²) >= 11 is 0. The van der Waals surface area contributed by atoms with Crippen LogP contribution in [-0.2, 0) is 11.3 Å². The molecule has 4 aliphatic rings. The molecule has 4 saturated heterocycles. The van der Waals surface area contributed by atoms with E-state index in [0.29, 0.717) is 23.8 Å². The molecule has 0 N–H and O–H groups in total. The Bertz CT molecular complexity index is 1050. The number of carbonyl (C=O) groups is 1. The summed E-state index contributed by atoms with van der Waals surface area (Å²) in [5.74, 6) is 2.52. The summed E-state index contributed by atoms with van der Waals surface area (Å²) in [5.41, 5.74) is 3.29. The van der Waals surface area contributed by atoms with E-state index in [2.05, 4.69) is 50.9 Å². The number of ether oxygens (including phenoxy) is 1. The van der Waals surface area contributed by atoms with Crippen LogP contribution in [0.2, 0.25) is 0 Å². The molecule has 4 fully saturated rings. The predicted octanol–water partition coefficient (Wildman–Crippen LogP) is 4.42. The Kier molecular flexibility index (Phi) is 5.53. The summed E-state index contributed by atoms with van der Waals surface area (Å²) in [4.78, 5) is 18.7. The number of rotatable bonds is 4. The second kappa shape index (κ2) is 8.68. The smallest absolute Gasteiger partial charge is 0.250 e. The molecular weight excluding hydrogens is 410 g/mol. The molecule has 0 unspecified atom stereocenters. The van der Waals surface area contributed by atoms with E-state index in [1.807, 2.05) is 12.1 Å². The second-order valence-electron chi connectivity index (χ2n) is 10.4. The topological polar surface area (TPSA) is 37.7 Å². The van der Waals surface area contributed by atoms with Crippen LogP contribution in [0.15, 0.2) is 48.2 Å². The lowest BCUT2D eigenvalue weighted by molar-refractivity contribution is -0.145. The van der Waals surface area contributed by atoms with Gasteiger partial charge in [-0.2, -0.15) is 0 Å². The highest BCUT2D eigenvalue weighted by molar-refractivity contribution is 5.98. The average molecular weight is 446 g/mol. The van der Waals surface area contributed by atoms with Gasteiger partial charge in [-0.3, -0.25) is 9.69 Å². The van der Waals surface area contributed by atoms with Crippen LogP contribution in [-0.4, -0.2) is 59.1 Å². The molecule has 4 aliphatic heterocycles. The number of nitrogens with zero attached hydrogens (tertiary/aromatic N) is 3. The van der Waals surface area contributed by atoms with Crippen LogP contribution < -0.4 is 4.74 Å². The standard InChI is InChI=1S/C28H35N3O2/c1-33-24-9-2-6-20(16-24)18-30-15-4-8-23(30)17-21-11-12-26-25-10-5-14-29-13-3-7-22(27(25)29)19-31(26)28(21)32/h2,4,6,8-9,15-17,22,25-27H,3,5,7,10-14,18-19H2,1H3/b21-17+/t22-,25-,26-,27+/m1/s1. The maximum absolute atomic E-state index is 13.7. The molecule has 0 spiro atoms. The minimum absolute atomic E-state index is 0.293. The van der Waals surface area contributed by atoms with Crippen molar-refractivity contribution in [3.05, 3.63) is 59.4 Å². The minimum atomic E-state index is 0.293. The van der Waals surface area contributed by atoms with Gasteiger partial charge in [0.25, 0.3) is 0 Å². The summed E-state index contributed by atoms with van der Waals surface area (Å²) in [6.45, 7) is 4.27. The summed E-state index contributed by atoms with van der Waals surface area (Å²) < 4.78 is 7.61. The first-order valence-corrected chi connectivity index (χ1v) is 12.7. The van der Waals surface area contributed by atoms with Gasteiger partial charge in [0.2, 0.25) is 5.91 Å². The highest BCUT2D eigenvalue weighted by atomic mass is 16.5. The van der Waals surface area contributed by atoms with Crippen molar-refractivity contribution < 1.29 is 9.53 Å². The van der Waals surface area contributed by atoms with Gasteiger partial charge in [-0.25, -0.2) is 0 Å². The number of piperidine rings is 4. The molecule has 5 heteroatoms. The maximum atomic E-state index is 13.7. The number of carbonyl (C=O) groups excluding carboxylic acids is 1. The zero-order valence-electron chi connectivity index (χ0n) is 19.7.